The molecule has 5 aliphatic heterocycles. The molecule has 0 aromatic rings. The predicted octanol–water partition coefficient (Wildman–Crippen LogP) is -2.74. The molecule has 19 nitrogen and oxygen atoms in total. The number of carbonyl (C=O) groups excluding carboxylic acids is 1. The van der Waals surface area contributed by atoms with Crippen LogP contribution < -0.4 is 0 Å². The Morgan fingerprint density at radius 3 is 2.20 bits per heavy atom. The van der Waals surface area contributed by atoms with E-state index in [4.69, 9.17) is 37.9 Å². The number of aliphatic hydroxyl groups is 10. The molecule has 5 saturated heterocycles. The number of hydrogen-bond acceptors (Lipinski definition) is 19. The van der Waals surface area contributed by atoms with Gasteiger partial charge in [0.15, 0.2) is 24.7 Å². The lowest BCUT2D eigenvalue weighted by Gasteiger charge is -2.56. The third-order valence-electron chi connectivity index (χ3n) is 15.8. The summed E-state index contributed by atoms with van der Waals surface area (Å²) in [6.07, 6.45) is -20.3. The van der Waals surface area contributed by atoms with Gasteiger partial charge in [-0.15, -0.1) is 0 Å². The molecule has 0 bridgehead atoms. The van der Waals surface area contributed by atoms with Crippen LogP contribution in [-0.2, 0) is 42.7 Å². The molecule has 1 saturated carbocycles. The summed E-state index contributed by atoms with van der Waals surface area (Å²) in [7, 11) is 0. The molecular weight excluding hydrogens is 808 g/mol. The van der Waals surface area contributed by atoms with Crippen LogP contribution in [0.2, 0.25) is 0 Å². The summed E-state index contributed by atoms with van der Waals surface area (Å²) < 4.78 is 49.2. The lowest BCUT2D eigenvalue weighted by atomic mass is 9.51. The summed E-state index contributed by atoms with van der Waals surface area (Å²) in [5.41, 5.74) is 1.85. The standard InChI is InChI=1S/C42H62O19/c1-14-11-56-42(37(53)27(14)46)15(2)25-20-7-8-21-19(26(20)30(49)35(25)61-42)6-5-17-9-18(43)10-24(41(17,21)4)58-40-36(60-39-33(52)31(50)28(47)16(3)57-39)34(23(45)13-55-40)59-38-32(51)29(48)22(44)12-54-38/h5,14-16,18-19,21-25,27-29,31-40,43-48,50-53H,6-13H2,1-4H3/t14-,15-,16-,18+,19+,21-,22+,23-,24+,25+,27+,28-,29-,31+,32+,33+,34-,35+,36+,37-,38-,39-,40-,41-,42-/m0/s1. The number of rotatable bonds is 6. The van der Waals surface area contributed by atoms with Gasteiger partial charge < -0.3 is 89.0 Å². The third kappa shape index (κ3) is 6.97. The number of ketones is 1. The third-order valence-corrected chi connectivity index (χ3v) is 15.8. The van der Waals surface area contributed by atoms with Crippen LogP contribution >= 0.6 is 0 Å². The molecule has 9 rings (SSSR count). The topological polar surface area (TPSA) is 293 Å². The van der Waals surface area contributed by atoms with Crippen LogP contribution in [0.3, 0.4) is 0 Å². The first-order valence-electron chi connectivity index (χ1n) is 21.8. The Bertz CT molecular complexity index is 1730. The van der Waals surface area contributed by atoms with Gasteiger partial charge in [-0.25, -0.2) is 0 Å². The fourth-order valence-corrected chi connectivity index (χ4v) is 12.2. The van der Waals surface area contributed by atoms with E-state index < -0.39 is 134 Å². The van der Waals surface area contributed by atoms with Crippen LogP contribution in [-0.4, -0.2) is 193 Å². The maximum Gasteiger partial charge on any atom is 0.201 e. The SMILES string of the molecule is C[C@@H]1O[C@@H](O[C@H]2[C@H](O[C@@H]3C[C@H](O)CC4=CC[C@H]5C6=C(CC[C@@H]5[C@]43C)[C@@H]3[C@@H](O[C@@]4(OC[C@H](C)[C@@H](O)[C@@H]4O)[C@H]3C)C6=O)OC[C@H](O)[C@@H]2O[C@@H]2OC[C@@H](O)[C@H](O)[C@H]2O)[C@H](O)[C@H](O)[C@H]1O. The molecule has 25 atom stereocenters. The van der Waals surface area contributed by atoms with Crippen molar-refractivity contribution in [2.75, 3.05) is 19.8 Å². The molecule has 344 valence electrons. The van der Waals surface area contributed by atoms with Gasteiger partial charge >= 0.3 is 0 Å². The highest BCUT2D eigenvalue weighted by molar-refractivity contribution is 6.04. The van der Waals surface area contributed by atoms with Gasteiger partial charge in [-0.2, -0.15) is 0 Å². The minimum absolute atomic E-state index is 0.139. The first kappa shape index (κ1) is 44.6. The van der Waals surface area contributed by atoms with Crippen LogP contribution in [0.5, 0.6) is 0 Å². The second-order valence-corrected chi connectivity index (χ2v) is 19.2. The van der Waals surface area contributed by atoms with Crippen molar-refractivity contribution in [1.82, 2.24) is 0 Å². The van der Waals surface area contributed by atoms with E-state index in [1.54, 1.807) is 6.92 Å². The lowest BCUT2D eigenvalue weighted by Crippen LogP contribution is -2.65. The van der Waals surface area contributed by atoms with Crippen LogP contribution in [0.4, 0.5) is 0 Å². The number of fused-ring (bicyclic) bond motifs is 6. The molecule has 19 heteroatoms. The van der Waals surface area contributed by atoms with Crippen molar-refractivity contribution < 1.29 is 93.8 Å². The minimum Gasteiger partial charge on any atom is -0.393 e. The van der Waals surface area contributed by atoms with E-state index in [0.29, 0.717) is 31.3 Å². The molecule has 6 fully saturated rings. The fraction of sp³-hybridized carbons (Fsp3) is 0.881. The van der Waals surface area contributed by atoms with Crippen molar-refractivity contribution in [1.29, 1.82) is 0 Å². The zero-order valence-electron chi connectivity index (χ0n) is 34.7. The second kappa shape index (κ2) is 16.4. The van der Waals surface area contributed by atoms with E-state index in [-0.39, 0.29) is 49.1 Å². The van der Waals surface area contributed by atoms with Gasteiger partial charge in [0, 0.05) is 35.2 Å². The van der Waals surface area contributed by atoms with E-state index in [1.807, 2.05) is 6.92 Å². The largest absolute Gasteiger partial charge is 0.393 e. The molecule has 9 aliphatic rings. The van der Waals surface area contributed by atoms with Crippen molar-refractivity contribution in [3.05, 3.63) is 22.8 Å². The first-order chi connectivity index (χ1) is 28.9. The Morgan fingerprint density at radius 1 is 0.754 bits per heavy atom. The van der Waals surface area contributed by atoms with Gasteiger partial charge in [0.2, 0.25) is 5.79 Å². The Balaban J connectivity index is 1.01. The molecule has 0 amide bonds. The number of aliphatic hydroxyl groups excluding tert-OH is 10. The number of hydrogen-bond donors (Lipinski definition) is 10. The molecule has 61 heavy (non-hydrogen) atoms. The van der Waals surface area contributed by atoms with Crippen molar-refractivity contribution >= 4 is 5.78 Å². The maximum atomic E-state index is 14.6. The molecule has 10 N–H and O–H groups in total. The number of ether oxygens (including phenoxy) is 8. The summed E-state index contributed by atoms with van der Waals surface area (Å²) in [5.74, 6) is -3.15. The average Bonchev–Trinajstić information content (AvgIpc) is 3.69. The highest BCUT2D eigenvalue weighted by Gasteiger charge is 2.68. The minimum atomic E-state index is -1.78. The van der Waals surface area contributed by atoms with E-state index in [2.05, 4.69) is 13.0 Å². The monoisotopic (exact) mass is 870 g/mol. The molecule has 0 aromatic carbocycles. The average molecular weight is 871 g/mol. The van der Waals surface area contributed by atoms with E-state index in [0.717, 1.165) is 11.1 Å². The maximum absolute atomic E-state index is 14.6. The second-order valence-electron chi connectivity index (χ2n) is 19.2. The smallest absolute Gasteiger partial charge is 0.201 e. The fourth-order valence-electron chi connectivity index (χ4n) is 12.2. The highest BCUT2D eigenvalue weighted by Crippen LogP contribution is 2.64. The molecule has 0 aromatic heterocycles. The molecule has 5 heterocycles. The van der Waals surface area contributed by atoms with E-state index >= 15 is 0 Å². The van der Waals surface area contributed by atoms with E-state index in [1.165, 1.54) is 6.92 Å². The zero-order chi connectivity index (χ0) is 43.6. The van der Waals surface area contributed by atoms with Crippen LogP contribution in [0.15, 0.2) is 22.8 Å². The normalized spacial score (nSPS) is 56.1. The summed E-state index contributed by atoms with van der Waals surface area (Å²) in [6, 6.07) is 0. The summed E-state index contributed by atoms with van der Waals surface area (Å²) in [4.78, 5) is 14.6. The van der Waals surface area contributed by atoms with Crippen molar-refractivity contribution in [2.24, 2.45) is 35.0 Å². The Labute approximate surface area is 352 Å². The Kier molecular flexibility index (Phi) is 12.0. The molecule has 1 spiro atoms. The van der Waals surface area contributed by atoms with Crippen LogP contribution in [0, 0.1) is 35.0 Å². The van der Waals surface area contributed by atoms with E-state index in [9.17, 15) is 55.9 Å². The molecular formula is C42H62O19. The lowest BCUT2D eigenvalue weighted by molar-refractivity contribution is -0.382. The van der Waals surface area contributed by atoms with Gasteiger partial charge in [0.25, 0.3) is 0 Å². The van der Waals surface area contributed by atoms with Crippen molar-refractivity contribution in [3.8, 4) is 0 Å². The Hall–Kier alpha value is -1.57. The molecule has 0 unspecified atom stereocenters. The van der Waals surface area contributed by atoms with Crippen molar-refractivity contribution in [3.63, 3.8) is 0 Å². The van der Waals surface area contributed by atoms with Gasteiger partial charge in [0.1, 0.15) is 67.1 Å². The Morgan fingerprint density at radius 2 is 1.44 bits per heavy atom. The van der Waals surface area contributed by atoms with Gasteiger partial charge in [0.05, 0.1) is 44.2 Å². The predicted molar refractivity (Wildman–Crippen MR) is 202 cm³/mol. The molecule has 0 radical (unpaired) electrons. The number of allylic oxidation sites excluding steroid dienone is 1. The summed E-state index contributed by atoms with van der Waals surface area (Å²) >= 11 is 0. The summed E-state index contributed by atoms with van der Waals surface area (Å²) in [5, 5.41) is 108. The van der Waals surface area contributed by atoms with Crippen molar-refractivity contribution in [2.45, 2.75) is 176 Å². The number of carbonyl (C=O) groups is 1. The van der Waals surface area contributed by atoms with Crippen LogP contribution in [0.25, 0.3) is 0 Å². The number of Topliss-reactive ketones (excluding diaryl/α,β-unsaturated/α-hetero) is 1. The van der Waals surface area contributed by atoms with Crippen LogP contribution in [0.1, 0.15) is 59.8 Å². The highest BCUT2D eigenvalue weighted by atomic mass is 16.8. The summed E-state index contributed by atoms with van der Waals surface area (Å²) in [6.45, 7) is 6.61. The first-order valence-corrected chi connectivity index (χ1v) is 21.8. The van der Waals surface area contributed by atoms with Gasteiger partial charge in [-0.05, 0) is 44.4 Å². The zero-order valence-corrected chi connectivity index (χ0v) is 34.7. The molecule has 4 aliphatic carbocycles. The quantitative estimate of drug-likeness (QED) is 0.121. The van der Waals surface area contributed by atoms with Gasteiger partial charge in [-0.1, -0.05) is 38.0 Å². The van der Waals surface area contributed by atoms with Gasteiger partial charge in [-0.3, -0.25) is 4.79 Å².